The molecule has 0 aliphatic carbocycles. The molecule has 1 atom stereocenters. The quantitative estimate of drug-likeness (QED) is 0.544. The van der Waals surface area contributed by atoms with Crippen LogP contribution in [-0.4, -0.2) is 41.7 Å². The van der Waals surface area contributed by atoms with Gasteiger partial charge in [-0.1, -0.05) is 10.5 Å². The number of hydrogen-bond acceptors (Lipinski definition) is 5. The summed E-state index contributed by atoms with van der Waals surface area (Å²) in [6.45, 7) is 2.30. The molecule has 0 saturated heterocycles. The lowest BCUT2D eigenvalue weighted by molar-refractivity contribution is 0.0650. The Bertz CT molecular complexity index is 1150. The van der Waals surface area contributed by atoms with Gasteiger partial charge < -0.3 is 9.32 Å². The summed E-state index contributed by atoms with van der Waals surface area (Å²) in [6, 6.07) is 5.22. The van der Waals surface area contributed by atoms with Crippen LogP contribution in [0.3, 0.4) is 0 Å². The number of halogens is 1. The number of aromatic nitrogens is 5. The number of carbonyl (C=O) groups is 1. The van der Waals surface area contributed by atoms with Crippen molar-refractivity contribution in [2.75, 3.05) is 6.54 Å². The summed E-state index contributed by atoms with van der Waals surface area (Å²) < 4.78 is 21.0. The minimum absolute atomic E-state index is 0.128. The Kier molecular flexibility index (Phi) is 3.36. The fourth-order valence-electron chi connectivity index (χ4n) is 3.56. The summed E-state index contributed by atoms with van der Waals surface area (Å²) in [4.78, 5) is 23.1. The van der Waals surface area contributed by atoms with Gasteiger partial charge in [0.05, 0.1) is 28.8 Å². The van der Waals surface area contributed by atoms with Crippen molar-refractivity contribution in [3.63, 3.8) is 0 Å². The summed E-state index contributed by atoms with van der Waals surface area (Å²) >= 11 is 0. The number of rotatable bonds is 2. The Hall–Kier alpha value is -3.49. The number of nitrogens with zero attached hydrogens (tertiary/aromatic N) is 6. The van der Waals surface area contributed by atoms with Crippen molar-refractivity contribution in [1.29, 1.82) is 0 Å². The van der Waals surface area contributed by atoms with E-state index in [0.29, 0.717) is 34.8 Å². The van der Waals surface area contributed by atoms with Crippen LogP contribution in [0.4, 0.5) is 4.48 Å². The normalized spacial score (nSPS) is 16.7. The van der Waals surface area contributed by atoms with Crippen molar-refractivity contribution < 1.29 is 13.7 Å². The average molecular weight is 366 g/mol. The summed E-state index contributed by atoms with van der Waals surface area (Å²) in [5, 5.41) is 4.62. The van der Waals surface area contributed by atoms with E-state index < -0.39 is 6.04 Å². The van der Waals surface area contributed by atoms with Gasteiger partial charge in [-0.15, -0.1) is 0 Å². The number of aryl methyl sites for hydroxylation is 1. The molecule has 1 aliphatic heterocycles. The highest BCUT2D eigenvalue weighted by Gasteiger charge is 2.38. The molecule has 5 rings (SSSR count). The predicted octanol–water partition coefficient (Wildman–Crippen LogP) is 2.35. The first-order chi connectivity index (χ1) is 13.1. The fraction of sp³-hybridized carbons (Fsp3) is 0.222. The Labute approximate surface area is 152 Å². The third-order valence-corrected chi connectivity index (χ3v) is 4.82. The summed E-state index contributed by atoms with van der Waals surface area (Å²) in [6.07, 6.45) is 5.96. The molecule has 4 aromatic heterocycles. The Morgan fingerprint density at radius 2 is 2.26 bits per heavy atom. The van der Waals surface area contributed by atoms with E-state index in [-0.39, 0.29) is 11.7 Å². The second-order valence-electron chi connectivity index (χ2n) is 6.55. The third kappa shape index (κ3) is 2.42. The van der Waals surface area contributed by atoms with Crippen molar-refractivity contribution >= 4 is 11.4 Å². The zero-order valence-electron chi connectivity index (χ0n) is 14.4. The Balaban J connectivity index is 1.66. The maximum Gasteiger partial charge on any atom is 0.292 e. The fourth-order valence-corrected chi connectivity index (χ4v) is 3.56. The first-order valence-corrected chi connectivity index (χ1v) is 8.49. The minimum atomic E-state index is -0.608. The van der Waals surface area contributed by atoms with E-state index in [4.69, 9.17) is 4.42 Å². The predicted molar refractivity (Wildman–Crippen MR) is 91.7 cm³/mol. The topological polar surface area (TPSA) is 81.5 Å². The van der Waals surface area contributed by atoms with Crippen LogP contribution >= 0.6 is 0 Å². The molecule has 1 amide bonds. The van der Waals surface area contributed by atoms with E-state index in [0.717, 1.165) is 17.4 Å². The van der Waals surface area contributed by atoms with Gasteiger partial charge in [0.1, 0.15) is 12.4 Å². The number of hydrogen-bond donors (Lipinski definition) is 0. The maximum absolute atomic E-state index is 14.1. The van der Waals surface area contributed by atoms with Crippen LogP contribution < -0.4 is 0 Å². The van der Waals surface area contributed by atoms with Gasteiger partial charge in [0, 0.05) is 19.2 Å². The summed E-state index contributed by atoms with van der Waals surface area (Å²) in [7, 11) is 0. The standard InChI is InChI=1S/C18H15FN6O2/c1-11-2-3-12-6-13(22-25(12)8-11)17-16-14(24(19)9-21-16)4-5-23(17)18(26)15-7-20-10-27-15/h2-3,6-10,17H,4-5H2,1H3/t17-/m1/s1. The van der Waals surface area contributed by atoms with Gasteiger partial charge in [0.25, 0.3) is 5.91 Å². The van der Waals surface area contributed by atoms with E-state index in [1.807, 2.05) is 31.3 Å². The smallest absolute Gasteiger partial charge is 0.292 e. The van der Waals surface area contributed by atoms with Gasteiger partial charge in [0.2, 0.25) is 5.76 Å². The first kappa shape index (κ1) is 15.7. The maximum atomic E-state index is 14.1. The van der Waals surface area contributed by atoms with Crippen LogP contribution in [0.25, 0.3) is 5.52 Å². The molecule has 136 valence electrons. The largest absolute Gasteiger partial charge is 0.438 e. The number of carbonyl (C=O) groups excluding carboxylic acids is 1. The van der Waals surface area contributed by atoms with Crippen LogP contribution in [0.5, 0.6) is 0 Å². The molecule has 0 bridgehead atoms. The highest BCUT2D eigenvalue weighted by molar-refractivity contribution is 5.91. The molecular weight excluding hydrogens is 351 g/mol. The Morgan fingerprint density at radius 3 is 3.07 bits per heavy atom. The molecule has 0 radical (unpaired) electrons. The number of pyridine rings is 1. The zero-order chi connectivity index (χ0) is 18.5. The number of oxazole rings is 1. The highest BCUT2D eigenvalue weighted by atomic mass is 19.2. The van der Waals surface area contributed by atoms with Gasteiger partial charge in [-0.05, 0) is 24.6 Å². The summed E-state index contributed by atoms with van der Waals surface area (Å²) in [5.41, 5.74) is 3.50. The van der Waals surface area contributed by atoms with Crippen molar-refractivity contribution in [3.05, 3.63) is 71.7 Å². The van der Waals surface area contributed by atoms with E-state index in [2.05, 4.69) is 15.1 Å². The van der Waals surface area contributed by atoms with E-state index >= 15 is 0 Å². The second-order valence-corrected chi connectivity index (χ2v) is 6.55. The summed E-state index contributed by atoms with van der Waals surface area (Å²) in [5.74, 6) is -0.201. The lowest BCUT2D eigenvalue weighted by Gasteiger charge is -2.33. The molecule has 0 fully saturated rings. The van der Waals surface area contributed by atoms with E-state index in [9.17, 15) is 9.28 Å². The molecule has 27 heavy (non-hydrogen) atoms. The molecule has 5 heterocycles. The van der Waals surface area contributed by atoms with Crippen molar-refractivity contribution in [1.82, 2.24) is 29.3 Å². The lowest BCUT2D eigenvalue weighted by Crippen LogP contribution is -2.41. The lowest BCUT2D eigenvalue weighted by atomic mass is 9.99. The zero-order valence-corrected chi connectivity index (χ0v) is 14.4. The molecule has 8 nitrogen and oxygen atoms in total. The highest BCUT2D eigenvalue weighted by Crippen LogP contribution is 2.35. The van der Waals surface area contributed by atoms with Crippen molar-refractivity contribution in [3.8, 4) is 0 Å². The molecule has 0 N–H and O–H groups in total. The SMILES string of the molecule is Cc1ccc2cc([C@@H]3c4ncn(F)c4CCN3C(=O)c3cnco3)nn2c1. The number of imidazole rings is 1. The van der Waals surface area contributed by atoms with E-state index in [1.165, 1.54) is 12.6 Å². The van der Waals surface area contributed by atoms with Gasteiger partial charge in [-0.3, -0.25) is 4.79 Å². The molecule has 0 aromatic carbocycles. The van der Waals surface area contributed by atoms with Gasteiger partial charge >= 0.3 is 0 Å². The second kappa shape index (κ2) is 5.76. The van der Waals surface area contributed by atoms with Crippen LogP contribution in [-0.2, 0) is 6.42 Å². The molecule has 4 aromatic rings. The molecule has 1 aliphatic rings. The minimum Gasteiger partial charge on any atom is -0.438 e. The molecular formula is C18H15FN6O2. The van der Waals surface area contributed by atoms with Crippen molar-refractivity contribution in [2.24, 2.45) is 0 Å². The van der Waals surface area contributed by atoms with Crippen LogP contribution in [0, 0.1) is 6.92 Å². The monoisotopic (exact) mass is 366 g/mol. The van der Waals surface area contributed by atoms with Gasteiger partial charge in [-0.25, -0.2) is 14.5 Å². The van der Waals surface area contributed by atoms with Crippen LogP contribution in [0.2, 0.25) is 0 Å². The number of fused-ring (bicyclic) bond motifs is 2. The van der Waals surface area contributed by atoms with Gasteiger partial charge in [-0.2, -0.15) is 9.89 Å². The molecule has 0 saturated carbocycles. The number of amides is 1. The average Bonchev–Trinajstić information content (AvgIpc) is 3.40. The molecule has 0 unspecified atom stereocenters. The van der Waals surface area contributed by atoms with E-state index in [1.54, 1.807) is 9.42 Å². The van der Waals surface area contributed by atoms with Gasteiger partial charge in [0.15, 0.2) is 6.39 Å². The van der Waals surface area contributed by atoms with Crippen LogP contribution in [0.15, 0.2) is 47.7 Å². The van der Waals surface area contributed by atoms with Crippen LogP contribution in [0.1, 0.15) is 39.2 Å². The third-order valence-electron chi connectivity index (χ3n) is 4.82. The first-order valence-electron chi connectivity index (χ1n) is 8.49. The molecule has 9 heteroatoms. The molecule has 0 spiro atoms. The van der Waals surface area contributed by atoms with Crippen molar-refractivity contribution in [2.45, 2.75) is 19.4 Å². The Morgan fingerprint density at radius 1 is 1.37 bits per heavy atom.